The molecule has 0 saturated heterocycles. The van der Waals surface area contributed by atoms with Gasteiger partial charge >= 0.3 is 0 Å². The maximum Gasteiger partial charge on any atom is 0.268 e. The number of halogens is 2. The number of aromatic nitrogens is 1. The predicted octanol–water partition coefficient (Wildman–Crippen LogP) is 4.97. The van der Waals surface area contributed by atoms with Gasteiger partial charge in [-0.15, -0.1) is 0 Å². The first kappa shape index (κ1) is 20.3. The van der Waals surface area contributed by atoms with Gasteiger partial charge in [0.1, 0.15) is 5.69 Å². The lowest BCUT2D eigenvalue weighted by molar-refractivity contribution is 0.0944. The van der Waals surface area contributed by atoms with E-state index in [9.17, 15) is 13.6 Å². The van der Waals surface area contributed by atoms with Crippen molar-refractivity contribution in [3.8, 4) is 0 Å². The van der Waals surface area contributed by atoms with Crippen LogP contribution in [0.4, 0.5) is 8.78 Å². The summed E-state index contributed by atoms with van der Waals surface area (Å²) in [4.78, 5) is 13.1. The van der Waals surface area contributed by atoms with Crippen LogP contribution >= 0.6 is 0 Å². The Labute approximate surface area is 175 Å². The molecule has 1 aromatic heterocycles. The SMILES string of the molecule is Cc1c2c(n(Cc3ccc(F)c(F)c3)c1C(=O)NCCc1ccccc1)CCCC2. The molecule has 1 aliphatic rings. The maximum atomic E-state index is 13.7. The summed E-state index contributed by atoms with van der Waals surface area (Å²) in [5.41, 5.74) is 5.85. The van der Waals surface area contributed by atoms with Crippen LogP contribution in [0.5, 0.6) is 0 Å². The molecular weight excluding hydrogens is 382 g/mol. The van der Waals surface area contributed by atoms with Gasteiger partial charge in [0.2, 0.25) is 0 Å². The Balaban J connectivity index is 1.60. The van der Waals surface area contributed by atoms with Gasteiger partial charge in [0.25, 0.3) is 5.91 Å². The first-order valence-corrected chi connectivity index (χ1v) is 10.5. The van der Waals surface area contributed by atoms with Crippen molar-refractivity contribution in [3.05, 3.63) is 93.8 Å². The molecule has 30 heavy (non-hydrogen) atoms. The molecule has 0 radical (unpaired) electrons. The standard InChI is InChI=1S/C25H26F2N2O/c1-17-20-9-5-6-10-23(20)29(16-19-11-12-21(26)22(27)15-19)24(17)25(30)28-14-13-18-7-3-2-4-8-18/h2-4,7-8,11-12,15H,5-6,9-10,13-14,16H2,1H3,(H,28,30). The summed E-state index contributed by atoms with van der Waals surface area (Å²) in [6, 6.07) is 14.0. The minimum absolute atomic E-state index is 0.111. The summed E-state index contributed by atoms with van der Waals surface area (Å²) in [6.45, 7) is 2.90. The Morgan fingerprint density at radius 3 is 2.53 bits per heavy atom. The molecule has 0 bridgehead atoms. The number of amides is 1. The molecule has 0 unspecified atom stereocenters. The van der Waals surface area contributed by atoms with E-state index in [1.165, 1.54) is 17.2 Å². The minimum atomic E-state index is -0.862. The second-order valence-corrected chi connectivity index (χ2v) is 7.93. The molecule has 1 N–H and O–H groups in total. The van der Waals surface area contributed by atoms with Crippen LogP contribution in [-0.4, -0.2) is 17.0 Å². The lowest BCUT2D eigenvalue weighted by atomic mass is 9.95. The van der Waals surface area contributed by atoms with Gasteiger partial charge in [-0.2, -0.15) is 0 Å². The molecule has 0 aliphatic heterocycles. The van der Waals surface area contributed by atoms with Gasteiger partial charge in [0.15, 0.2) is 11.6 Å². The smallest absolute Gasteiger partial charge is 0.268 e. The third kappa shape index (κ3) is 4.16. The van der Waals surface area contributed by atoms with Crippen molar-refractivity contribution in [2.24, 2.45) is 0 Å². The number of hydrogen-bond acceptors (Lipinski definition) is 1. The normalized spacial score (nSPS) is 13.2. The molecule has 3 aromatic rings. The second-order valence-electron chi connectivity index (χ2n) is 7.93. The molecule has 0 atom stereocenters. The maximum absolute atomic E-state index is 13.7. The number of fused-ring (bicyclic) bond motifs is 1. The molecule has 0 fully saturated rings. The van der Waals surface area contributed by atoms with E-state index in [1.54, 1.807) is 6.07 Å². The van der Waals surface area contributed by atoms with E-state index < -0.39 is 11.6 Å². The molecule has 1 aliphatic carbocycles. The second kappa shape index (κ2) is 8.82. The quantitative estimate of drug-likeness (QED) is 0.614. The highest BCUT2D eigenvalue weighted by atomic mass is 19.2. The molecule has 5 heteroatoms. The number of hydrogen-bond donors (Lipinski definition) is 1. The van der Waals surface area contributed by atoms with Crippen LogP contribution in [0, 0.1) is 18.6 Å². The third-order valence-electron chi connectivity index (χ3n) is 5.92. The number of carbonyl (C=O) groups is 1. The van der Waals surface area contributed by atoms with Crippen molar-refractivity contribution in [2.45, 2.75) is 45.6 Å². The summed E-state index contributed by atoms with van der Waals surface area (Å²) < 4.78 is 29.1. The summed E-state index contributed by atoms with van der Waals surface area (Å²) in [5, 5.41) is 3.05. The molecule has 0 spiro atoms. The van der Waals surface area contributed by atoms with Crippen molar-refractivity contribution < 1.29 is 13.6 Å². The molecule has 1 heterocycles. The van der Waals surface area contributed by atoms with E-state index in [1.807, 2.05) is 41.8 Å². The first-order valence-electron chi connectivity index (χ1n) is 10.5. The van der Waals surface area contributed by atoms with Crippen LogP contribution in [-0.2, 0) is 25.8 Å². The average molecular weight is 408 g/mol. The van der Waals surface area contributed by atoms with Crippen molar-refractivity contribution in [1.29, 1.82) is 0 Å². The van der Waals surface area contributed by atoms with Crippen LogP contribution in [0.15, 0.2) is 48.5 Å². The fourth-order valence-corrected chi connectivity index (χ4v) is 4.41. The molecule has 0 saturated carbocycles. The van der Waals surface area contributed by atoms with E-state index in [4.69, 9.17) is 0 Å². The number of benzene rings is 2. The number of carbonyl (C=O) groups excluding carboxylic acids is 1. The van der Waals surface area contributed by atoms with Crippen molar-refractivity contribution in [1.82, 2.24) is 9.88 Å². The van der Waals surface area contributed by atoms with Gasteiger partial charge in [-0.3, -0.25) is 4.79 Å². The van der Waals surface area contributed by atoms with Crippen LogP contribution < -0.4 is 5.32 Å². The van der Waals surface area contributed by atoms with E-state index in [0.717, 1.165) is 49.4 Å². The van der Waals surface area contributed by atoms with Gasteiger partial charge in [-0.25, -0.2) is 8.78 Å². The summed E-state index contributed by atoms with van der Waals surface area (Å²) in [5.74, 6) is -1.83. The van der Waals surface area contributed by atoms with Crippen LogP contribution in [0.25, 0.3) is 0 Å². The monoisotopic (exact) mass is 408 g/mol. The van der Waals surface area contributed by atoms with Crippen LogP contribution in [0.2, 0.25) is 0 Å². The number of rotatable bonds is 6. The largest absolute Gasteiger partial charge is 0.350 e. The molecule has 1 amide bonds. The summed E-state index contributed by atoms with van der Waals surface area (Å²) in [6.07, 6.45) is 4.80. The van der Waals surface area contributed by atoms with E-state index in [-0.39, 0.29) is 5.91 Å². The molecule has 4 rings (SSSR count). The fraction of sp³-hybridized carbons (Fsp3) is 0.320. The van der Waals surface area contributed by atoms with E-state index >= 15 is 0 Å². The zero-order valence-electron chi connectivity index (χ0n) is 17.2. The Morgan fingerprint density at radius 1 is 1.00 bits per heavy atom. The topological polar surface area (TPSA) is 34.0 Å². The van der Waals surface area contributed by atoms with Crippen molar-refractivity contribution in [3.63, 3.8) is 0 Å². The third-order valence-corrected chi connectivity index (χ3v) is 5.92. The lowest BCUT2D eigenvalue weighted by Gasteiger charge is -2.17. The summed E-state index contributed by atoms with van der Waals surface area (Å²) >= 11 is 0. The number of nitrogens with one attached hydrogen (secondary N) is 1. The van der Waals surface area contributed by atoms with E-state index in [2.05, 4.69) is 5.32 Å². The van der Waals surface area contributed by atoms with Gasteiger partial charge in [-0.05, 0) is 73.4 Å². The Hall–Kier alpha value is -2.95. The predicted molar refractivity (Wildman–Crippen MR) is 114 cm³/mol. The van der Waals surface area contributed by atoms with Crippen LogP contribution in [0.3, 0.4) is 0 Å². The lowest BCUT2D eigenvalue weighted by Crippen LogP contribution is -2.29. The van der Waals surface area contributed by atoms with Gasteiger partial charge in [0, 0.05) is 18.8 Å². The Bertz CT molecular complexity index is 1060. The fourth-order valence-electron chi connectivity index (χ4n) is 4.41. The van der Waals surface area contributed by atoms with Crippen LogP contribution in [0.1, 0.15) is 51.3 Å². The Kier molecular flexibility index (Phi) is 5.98. The Morgan fingerprint density at radius 2 is 1.77 bits per heavy atom. The van der Waals surface area contributed by atoms with Gasteiger partial charge in [-0.1, -0.05) is 36.4 Å². The van der Waals surface area contributed by atoms with Gasteiger partial charge < -0.3 is 9.88 Å². The summed E-state index contributed by atoms with van der Waals surface area (Å²) in [7, 11) is 0. The molecule has 3 nitrogen and oxygen atoms in total. The highest BCUT2D eigenvalue weighted by Gasteiger charge is 2.26. The zero-order chi connectivity index (χ0) is 21.1. The average Bonchev–Trinajstić information content (AvgIpc) is 3.03. The van der Waals surface area contributed by atoms with Crippen molar-refractivity contribution >= 4 is 5.91 Å². The highest BCUT2D eigenvalue weighted by Crippen LogP contribution is 2.30. The van der Waals surface area contributed by atoms with Crippen molar-refractivity contribution in [2.75, 3.05) is 6.54 Å². The minimum Gasteiger partial charge on any atom is -0.350 e. The molecule has 156 valence electrons. The van der Waals surface area contributed by atoms with E-state index in [0.29, 0.717) is 24.3 Å². The zero-order valence-corrected chi connectivity index (χ0v) is 17.2. The first-order chi connectivity index (χ1) is 14.5. The van der Waals surface area contributed by atoms with Gasteiger partial charge in [0.05, 0.1) is 0 Å². The molecule has 2 aromatic carbocycles. The number of nitrogens with zero attached hydrogens (tertiary/aromatic N) is 1. The highest BCUT2D eigenvalue weighted by molar-refractivity contribution is 5.95. The molecular formula is C25H26F2N2O.